The van der Waals surface area contributed by atoms with E-state index in [2.05, 4.69) is 45.7 Å². The van der Waals surface area contributed by atoms with Crippen LogP contribution in [0.4, 0.5) is 0 Å². The van der Waals surface area contributed by atoms with Gasteiger partial charge in [0.05, 0.1) is 5.69 Å². The van der Waals surface area contributed by atoms with E-state index in [0.29, 0.717) is 24.6 Å². The van der Waals surface area contributed by atoms with Crippen molar-refractivity contribution in [2.24, 2.45) is 12.0 Å². The van der Waals surface area contributed by atoms with Gasteiger partial charge in [-0.3, -0.25) is 14.5 Å². The zero-order chi connectivity index (χ0) is 20.7. The Bertz CT molecular complexity index is 807. The van der Waals surface area contributed by atoms with Gasteiger partial charge in [-0.15, -0.1) is 0 Å². The molecule has 0 saturated heterocycles. The molecular weight excluding hydrogens is 352 g/mol. The lowest BCUT2D eigenvalue weighted by Crippen LogP contribution is -2.38. The summed E-state index contributed by atoms with van der Waals surface area (Å²) < 4.78 is 1.87. The molecule has 0 unspecified atom stereocenters. The number of rotatable bonds is 7. The number of hydrogen-bond acceptors (Lipinski definition) is 3. The smallest absolute Gasteiger partial charge is 0.251 e. The van der Waals surface area contributed by atoms with Crippen LogP contribution in [-0.2, 0) is 20.1 Å². The Hall–Kier alpha value is -2.83. The maximum absolute atomic E-state index is 11.8. The van der Waals surface area contributed by atoms with Gasteiger partial charge in [-0.2, -0.15) is 5.10 Å². The number of aromatic nitrogens is 2. The molecule has 0 bridgehead atoms. The molecule has 0 aliphatic rings. The minimum atomic E-state index is -0.0463. The minimum Gasteiger partial charge on any atom is -0.352 e. The zero-order valence-electron chi connectivity index (χ0n) is 17.8. The number of aliphatic imine (C=N–C) groups is 1. The Morgan fingerprint density at radius 2 is 1.93 bits per heavy atom. The van der Waals surface area contributed by atoms with Gasteiger partial charge in [-0.25, -0.2) is 0 Å². The first-order chi connectivity index (χ1) is 13.3. The number of nitrogens with zero attached hydrogens (tertiary/aromatic N) is 4. The van der Waals surface area contributed by atoms with Crippen LogP contribution in [0.3, 0.4) is 0 Å². The van der Waals surface area contributed by atoms with Gasteiger partial charge in [0.2, 0.25) is 0 Å². The number of aryl methyl sites for hydroxylation is 1. The molecule has 0 fully saturated rings. The molecule has 0 aliphatic heterocycles. The SMILES string of the molecule is CCNC(=O)c1ccc(CNC(=NC)N(C)Cc2cn(C)nc2C(C)C)cc1. The number of hydrogen-bond donors (Lipinski definition) is 2. The van der Waals surface area contributed by atoms with Gasteiger partial charge >= 0.3 is 0 Å². The zero-order valence-corrected chi connectivity index (χ0v) is 17.8. The molecule has 152 valence electrons. The predicted octanol–water partition coefficient (Wildman–Crippen LogP) is 2.50. The van der Waals surface area contributed by atoms with Crippen LogP contribution < -0.4 is 10.6 Å². The van der Waals surface area contributed by atoms with Gasteiger partial charge in [-0.05, 0) is 30.5 Å². The Labute approximate surface area is 167 Å². The molecular formula is C21H32N6O. The van der Waals surface area contributed by atoms with Crippen LogP contribution in [0, 0.1) is 0 Å². The third-order valence-electron chi connectivity index (χ3n) is 4.47. The lowest BCUT2D eigenvalue weighted by molar-refractivity contribution is 0.0956. The number of carbonyl (C=O) groups is 1. The fourth-order valence-corrected chi connectivity index (χ4v) is 3.10. The average molecular weight is 385 g/mol. The topological polar surface area (TPSA) is 74.6 Å². The minimum absolute atomic E-state index is 0.0463. The van der Waals surface area contributed by atoms with Crippen LogP contribution in [0.1, 0.15) is 53.9 Å². The van der Waals surface area contributed by atoms with Gasteiger partial charge in [0.15, 0.2) is 5.96 Å². The van der Waals surface area contributed by atoms with Crippen molar-refractivity contribution in [1.82, 2.24) is 25.3 Å². The van der Waals surface area contributed by atoms with E-state index < -0.39 is 0 Å². The van der Waals surface area contributed by atoms with Crippen LogP contribution in [0.2, 0.25) is 0 Å². The maximum Gasteiger partial charge on any atom is 0.251 e. The van der Waals surface area contributed by atoms with Crippen molar-refractivity contribution in [3.63, 3.8) is 0 Å². The Balaban J connectivity index is 1.98. The summed E-state index contributed by atoms with van der Waals surface area (Å²) in [7, 11) is 5.75. The van der Waals surface area contributed by atoms with Gasteiger partial charge < -0.3 is 15.5 Å². The van der Waals surface area contributed by atoms with Crippen LogP contribution in [0.25, 0.3) is 0 Å². The fraction of sp³-hybridized carbons (Fsp3) is 0.476. The molecule has 2 aromatic rings. The summed E-state index contributed by atoms with van der Waals surface area (Å²) in [5, 5.41) is 10.8. The molecule has 0 aliphatic carbocycles. The van der Waals surface area contributed by atoms with Crippen molar-refractivity contribution < 1.29 is 4.79 Å². The van der Waals surface area contributed by atoms with Gasteiger partial charge in [0.1, 0.15) is 0 Å². The third kappa shape index (κ3) is 5.58. The molecule has 0 saturated carbocycles. The van der Waals surface area contributed by atoms with E-state index in [0.717, 1.165) is 23.8 Å². The first kappa shape index (κ1) is 21.5. The highest BCUT2D eigenvalue weighted by Gasteiger charge is 2.15. The molecule has 0 spiro atoms. The van der Waals surface area contributed by atoms with Crippen LogP contribution in [-0.4, -0.2) is 47.2 Å². The Morgan fingerprint density at radius 3 is 2.50 bits per heavy atom. The molecule has 1 amide bonds. The summed E-state index contributed by atoms with van der Waals surface area (Å²) in [5.41, 5.74) is 4.08. The summed E-state index contributed by atoms with van der Waals surface area (Å²) in [4.78, 5) is 18.3. The lowest BCUT2D eigenvalue weighted by Gasteiger charge is -2.22. The highest BCUT2D eigenvalue weighted by atomic mass is 16.1. The molecule has 0 atom stereocenters. The number of benzene rings is 1. The summed E-state index contributed by atoms with van der Waals surface area (Å²) in [6, 6.07) is 7.61. The van der Waals surface area contributed by atoms with E-state index in [1.165, 1.54) is 5.56 Å². The number of carbonyl (C=O) groups excluding carboxylic acids is 1. The molecule has 1 aromatic heterocycles. The molecule has 2 rings (SSSR count). The maximum atomic E-state index is 11.8. The number of amides is 1. The molecule has 1 heterocycles. The average Bonchev–Trinajstić information content (AvgIpc) is 3.03. The van der Waals surface area contributed by atoms with Crippen LogP contribution in [0.15, 0.2) is 35.5 Å². The highest BCUT2D eigenvalue weighted by molar-refractivity contribution is 5.94. The molecule has 2 N–H and O–H groups in total. The van der Waals surface area contributed by atoms with E-state index in [-0.39, 0.29) is 5.91 Å². The van der Waals surface area contributed by atoms with Crippen molar-refractivity contribution in [1.29, 1.82) is 0 Å². The van der Waals surface area contributed by atoms with Crippen molar-refractivity contribution in [2.45, 2.75) is 39.8 Å². The quantitative estimate of drug-likeness (QED) is 0.568. The Kier molecular flexibility index (Phi) is 7.61. The molecule has 7 nitrogen and oxygen atoms in total. The molecule has 7 heteroatoms. The van der Waals surface area contributed by atoms with E-state index in [1.807, 2.05) is 50.0 Å². The largest absolute Gasteiger partial charge is 0.352 e. The van der Waals surface area contributed by atoms with Crippen molar-refractivity contribution in [3.8, 4) is 0 Å². The highest BCUT2D eigenvalue weighted by Crippen LogP contribution is 2.18. The summed E-state index contributed by atoms with van der Waals surface area (Å²) in [6.45, 7) is 8.22. The van der Waals surface area contributed by atoms with Gasteiger partial charge in [0, 0.05) is 58.1 Å². The van der Waals surface area contributed by atoms with E-state index in [9.17, 15) is 4.79 Å². The molecule has 28 heavy (non-hydrogen) atoms. The summed E-state index contributed by atoms with van der Waals surface area (Å²) >= 11 is 0. The lowest BCUT2D eigenvalue weighted by atomic mass is 10.1. The normalized spacial score (nSPS) is 11.6. The van der Waals surface area contributed by atoms with Crippen LogP contribution in [0.5, 0.6) is 0 Å². The number of guanidine groups is 1. The number of nitrogens with one attached hydrogen (secondary N) is 2. The summed E-state index contributed by atoms with van der Waals surface area (Å²) in [5.74, 6) is 1.14. The molecule has 1 aromatic carbocycles. The Morgan fingerprint density at radius 1 is 1.25 bits per heavy atom. The summed E-state index contributed by atoms with van der Waals surface area (Å²) in [6.07, 6.45) is 2.07. The standard InChI is InChI=1S/C21H32N6O/c1-7-23-20(28)17-10-8-16(9-11-17)12-24-21(22-4)26(5)13-18-14-27(6)25-19(18)15(2)3/h8-11,14-15H,7,12-13H2,1-6H3,(H,22,24)(H,23,28). The fourth-order valence-electron chi connectivity index (χ4n) is 3.10. The van der Waals surface area contributed by atoms with Crippen molar-refractivity contribution >= 4 is 11.9 Å². The first-order valence-electron chi connectivity index (χ1n) is 9.67. The second-order valence-corrected chi connectivity index (χ2v) is 7.18. The van der Waals surface area contributed by atoms with Crippen LogP contribution >= 0.6 is 0 Å². The van der Waals surface area contributed by atoms with Crippen molar-refractivity contribution in [2.75, 3.05) is 20.6 Å². The van der Waals surface area contributed by atoms with E-state index >= 15 is 0 Å². The second kappa shape index (κ2) is 9.92. The van der Waals surface area contributed by atoms with Gasteiger partial charge in [-0.1, -0.05) is 26.0 Å². The first-order valence-corrected chi connectivity index (χ1v) is 9.67. The van der Waals surface area contributed by atoms with E-state index in [1.54, 1.807) is 7.05 Å². The van der Waals surface area contributed by atoms with Crippen molar-refractivity contribution in [3.05, 3.63) is 52.8 Å². The van der Waals surface area contributed by atoms with Gasteiger partial charge in [0.25, 0.3) is 5.91 Å². The third-order valence-corrected chi connectivity index (χ3v) is 4.47. The van der Waals surface area contributed by atoms with E-state index in [4.69, 9.17) is 0 Å². The monoisotopic (exact) mass is 384 g/mol. The second-order valence-electron chi connectivity index (χ2n) is 7.18. The molecule has 0 radical (unpaired) electrons. The predicted molar refractivity (Wildman–Crippen MR) is 113 cm³/mol.